The van der Waals surface area contributed by atoms with Gasteiger partial charge in [0, 0.05) is 22.7 Å². The molecule has 0 radical (unpaired) electrons. The lowest BCUT2D eigenvalue weighted by molar-refractivity contribution is 0.114. The molecule has 2 N–H and O–H groups in total. The van der Waals surface area contributed by atoms with Gasteiger partial charge in [0.05, 0.1) is 12.7 Å². The molecule has 2 aliphatic rings. The van der Waals surface area contributed by atoms with E-state index in [-0.39, 0.29) is 6.10 Å². The van der Waals surface area contributed by atoms with Crippen LogP contribution >= 0.6 is 11.6 Å². The molecule has 1 aliphatic heterocycles. The van der Waals surface area contributed by atoms with Crippen molar-refractivity contribution in [3.8, 4) is 5.75 Å². The SMILES string of the molecule is OC1CCC(NC2CCCOc3cc(Cl)ccc32)CC1. The molecule has 0 saturated heterocycles. The van der Waals surface area contributed by atoms with Gasteiger partial charge in [-0.05, 0) is 50.7 Å². The second-order valence-electron chi connectivity index (χ2n) is 5.90. The minimum Gasteiger partial charge on any atom is -0.493 e. The molecule has 1 unspecified atom stereocenters. The lowest BCUT2D eigenvalue weighted by Gasteiger charge is -2.30. The van der Waals surface area contributed by atoms with E-state index >= 15 is 0 Å². The van der Waals surface area contributed by atoms with E-state index in [1.165, 1.54) is 5.56 Å². The van der Waals surface area contributed by atoms with Crippen LogP contribution in [0.25, 0.3) is 0 Å². The van der Waals surface area contributed by atoms with Crippen LogP contribution in [0.4, 0.5) is 0 Å². The molecule has 0 spiro atoms. The van der Waals surface area contributed by atoms with Crippen molar-refractivity contribution < 1.29 is 9.84 Å². The zero-order valence-corrected chi connectivity index (χ0v) is 12.4. The first kappa shape index (κ1) is 14.2. The number of halogens is 1. The van der Waals surface area contributed by atoms with Crippen LogP contribution in [0.1, 0.15) is 50.1 Å². The van der Waals surface area contributed by atoms with Crippen LogP contribution < -0.4 is 10.1 Å². The Morgan fingerprint density at radius 2 is 1.95 bits per heavy atom. The number of aliphatic hydroxyl groups is 1. The van der Waals surface area contributed by atoms with Crippen LogP contribution in [-0.2, 0) is 0 Å². The molecule has 1 aromatic carbocycles. The third-order valence-corrected chi connectivity index (χ3v) is 4.61. The molecule has 1 atom stereocenters. The summed E-state index contributed by atoms with van der Waals surface area (Å²) >= 11 is 6.06. The zero-order valence-electron chi connectivity index (χ0n) is 11.6. The first-order valence-corrected chi connectivity index (χ1v) is 7.96. The highest BCUT2D eigenvalue weighted by molar-refractivity contribution is 6.30. The number of benzene rings is 1. The van der Waals surface area contributed by atoms with Gasteiger partial charge in [0.1, 0.15) is 5.75 Å². The average molecular weight is 296 g/mol. The Bertz CT molecular complexity index is 458. The molecule has 3 rings (SSSR count). The number of fused-ring (bicyclic) bond motifs is 1. The van der Waals surface area contributed by atoms with Crippen molar-refractivity contribution >= 4 is 11.6 Å². The molecule has 1 aliphatic carbocycles. The summed E-state index contributed by atoms with van der Waals surface area (Å²) in [6.45, 7) is 0.759. The van der Waals surface area contributed by atoms with Gasteiger partial charge in [-0.25, -0.2) is 0 Å². The van der Waals surface area contributed by atoms with Crippen LogP contribution in [0, 0.1) is 0 Å². The van der Waals surface area contributed by atoms with Crippen LogP contribution in [-0.4, -0.2) is 23.9 Å². The first-order chi connectivity index (χ1) is 9.72. The number of hydrogen-bond acceptors (Lipinski definition) is 3. The van der Waals surface area contributed by atoms with E-state index in [0.717, 1.165) is 55.9 Å². The Kier molecular flexibility index (Phi) is 4.49. The minimum absolute atomic E-state index is 0.100. The average Bonchev–Trinajstić information content (AvgIpc) is 2.63. The highest BCUT2D eigenvalue weighted by Gasteiger charge is 2.25. The highest BCUT2D eigenvalue weighted by Crippen LogP contribution is 2.34. The van der Waals surface area contributed by atoms with Crippen molar-refractivity contribution in [2.45, 2.75) is 56.7 Å². The van der Waals surface area contributed by atoms with Gasteiger partial charge in [0.2, 0.25) is 0 Å². The summed E-state index contributed by atoms with van der Waals surface area (Å²) in [7, 11) is 0. The highest BCUT2D eigenvalue weighted by atomic mass is 35.5. The van der Waals surface area contributed by atoms with Gasteiger partial charge in [-0.15, -0.1) is 0 Å². The van der Waals surface area contributed by atoms with Crippen molar-refractivity contribution in [1.82, 2.24) is 5.32 Å². The van der Waals surface area contributed by atoms with Crippen LogP contribution in [0.15, 0.2) is 18.2 Å². The normalized spacial score (nSPS) is 30.2. The van der Waals surface area contributed by atoms with Crippen molar-refractivity contribution in [2.75, 3.05) is 6.61 Å². The van der Waals surface area contributed by atoms with Gasteiger partial charge in [-0.2, -0.15) is 0 Å². The quantitative estimate of drug-likeness (QED) is 0.878. The zero-order chi connectivity index (χ0) is 13.9. The lowest BCUT2D eigenvalue weighted by atomic mass is 9.91. The van der Waals surface area contributed by atoms with E-state index in [0.29, 0.717) is 12.1 Å². The molecule has 1 fully saturated rings. The molecule has 0 aromatic heterocycles. The molecular formula is C16H22ClNO2. The summed E-state index contributed by atoms with van der Waals surface area (Å²) in [6.07, 6.45) is 5.98. The summed E-state index contributed by atoms with van der Waals surface area (Å²) in [5.74, 6) is 0.920. The molecule has 1 saturated carbocycles. The van der Waals surface area contributed by atoms with Gasteiger partial charge in [0.25, 0.3) is 0 Å². The van der Waals surface area contributed by atoms with Crippen LogP contribution in [0.2, 0.25) is 5.02 Å². The Morgan fingerprint density at radius 1 is 1.15 bits per heavy atom. The van der Waals surface area contributed by atoms with Crippen LogP contribution in [0.3, 0.4) is 0 Å². The fourth-order valence-corrected chi connectivity index (χ4v) is 3.41. The van der Waals surface area contributed by atoms with Crippen molar-refractivity contribution in [3.63, 3.8) is 0 Å². The summed E-state index contributed by atoms with van der Waals surface area (Å²) in [5.41, 5.74) is 1.22. The number of hydrogen-bond donors (Lipinski definition) is 2. The van der Waals surface area contributed by atoms with Crippen molar-refractivity contribution in [1.29, 1.82) is 0 Å². The standard InChI is InChI=1S/C16H22ClNO2/c17-11-3-8-14-15(2-1-9-20-16(14)10-11)18-12-4-6-13(19)7-5-12/h3,8,10,12-13,15,18-19H,1-2,4-7,9H2. The summed E-state index contributed by atoms with van der Waals surface area (Å²) in [5, 5.41) is 14.1. The number of ether oxygens (including phenoxy) is 1. The smallest absolute Gasteiger partial charge is 0.125 e. The summed E-state index contributed by atoms with van der Waals surface area (Å²) < 4.78 is 5.80. The van der Waals surface area contributed by atoms with Gasteiger partial charge < -0.3 is 15.2 Å². The summed E-state index contributed by atoms with van der Waals surface area (Å²) in [6, 6.07) is 6.78. The lowest BCUT2D eigenvalue weighted by Crippen LogP contribution is -2.37. The summed E-state index contributed by atoms with van der Waals surface area (Å²) in [4.78, 5) is 0. The predicted octanol–water partition coefficient (Wildman–Crippen LogP) is 3.45. The fourth-order valence-electron chi connectivity index (χ4n) is 3.25. The largest absolute Gasteiger partial charge is 0.493 e. The first-order valence-electron chi connectivity index (χ1n) is 7.59. The number of nitrogens with one attached hydrogen (secondary N) is 1. The Hall–Kier alpha value is -0.770. The minimum atomic E-state index is -0.100. The van der Waals surface area contributed by atoms with E-state index in [4.69, 9.17) is 16.3 Å². The molecule has 4 heteroatoms. The van der Waals surface area contributed by atoms with Crippen molar-refractivity contribution in [2.24, 2.45) is 0 Å². The van der Waals surface area contributed by atoms with Gasteiger partial charge in [-0.3, -0.25) is 0 Å². The molecule has 20 heavy (non-hydrogen) atoms. The monoisotopic (exact) mass is 295 g/mol. The van der Waals surface area contributed by atoms with E-state index in [9.17, 15) is 5.11 Å². The Morgan fingerprint density at radius 3 is 2.75 bits per heavy atom. The second kappa shape index (κ2) is 6.33. The van der Waals surface area contributed by atoms with Crippen LogP contribution in [0.5, 0.6) is 5.75 Å². The maximum absolute atomic E-state index is 9.60. The molecule has 110 valence electrons. The molecule has 0 amide bonds. The maximum Gasteiger partial charge on any atom is 0.125 e. The Labute approximate surface area is 125 Å². The predicted molar refractivity (Wildman–Crippen MR) is 80.3 cm³/mol. The third-order valence-electron chi connectivity index (χ3n) is 4.38. The van der Waals surface area contributed by atoms with E-state index in [1.54, 1.807) is 0 Å². The van der Waals surface area contributed by atoms with Crippen molar-refractivity contribution in [3.05, 3.63) is 28.8 Å². The number of aliphatic hydroxyl groups excluding tert-OH is 1. The fraction of sp³-hybridized carbons (Fsp3) is 0.625. The molecule has 3 nitrogen and oxygen atoms in total. The molecular weight excluding hydrogens is 274 g/mol. The maximum atomic E-state index is 9.60. The van der Waals surface area contributed by atoms with Gasteiger partial charge in [0.15, 0.2) is 0 Å². The molecule has 1 heterocycles. The third kappa shape index (κ3) is 3.27. The van der Waals surface area contributed by atoms with Gasteiger partial charge >= 0.3 is 0 Å². The van der Waals surface area contributed by atoms with E-state index in [2.05, 4.69) is 11.4 Å². The number of rotatable bonds is 2. The molecule has 1 aromatic rings. The molecule has 0 bridgehead atoms. The van der Waals surface area contributed by atoms with E-state index < -0.39 is 0 Å². The van der Waals surface area contributed by atoms with Gasteiger partial charge in [-0.1, -0.05) is 17.7 Å². The van der Waals surface area contributed by atoms with E-state index in [1.807, 2.05) is 12.1 Å². The second-order valence-corrected chi connectivity index (χ2v) is 6.33. The topological polar surface area (TPSA) is 41.5 Å². The Balaban J connectivity index is 1.73.